The molecule has 2 N–H and O–H groups in total. The minimum atomic E-state index is 0.215. The van der Waals surface area contributed by atoms with Crippen molar-refractivity contribution in [2.45, 2.75) is 45.1 Å². The Hall–Kier alpha value is -1.52. The van der Waals surface area contributed by atoms with Gasteiger partial charge in [-0.05, 0) is 12.8 Å². The van der Waals surface area contributed by atoms with E-state index in [0.29, 0.717) is 12.5 Å². The van der Waals surface area contributed by atoms with Crippen LogP contribution in [0.2, 0.25) is 0 Å². The number of anilines is 1. The summed E-state index contributed by atoms with van der Waals surface area (Å²) in [6, 6.07) is 0.215. The predicted octanol–water partition coefficient (Wildman–Crippen LogP) is 1.72. The van der Waals surface area contributed by atoms with E-state index in [-0.39, 0.29) is 11.9 Å². The fourth-order valence-corrected chi connectivity index (χ4v) is 3.01. The van der Waals surface area contributed by atoms with Gasteiger partial charge in [0.2, 0.25) is 5.91 Å². The summed E-state index contributed by atoms with van der Waals surface area (Å²) in [6.45, 7) is 1.29. The molecule has 0 unspecified atom stereocenters. The zero-order valence-corrected chi connectivity index (χ0v) is 10.5. The van der Waals surface area contributed by atoms with Crippen molar-refractivity contribution in [2.75, 3.05) is 12.3 Å². The average Bonchev–Trinajstić information content (AvgIpc) is 2.78. The molecule has 0 atom stereocenters. The van der Waals surface area contributed by atoms with E-state index < -0.39 is 0 Å². The van der Waals surface area contributed by atoms with E-state index in [9.17, 15) is 4.79 Å². The molecule has 0 spiro atoms. The summed E-state index contributed by atoms with van der Waals surface area (Å²) >= 11 is 0. The maximum Gasteiger partial charge on any atom is 0.292 e. The zero-order chi connectivity index (χ0) is 12.5. The minimum Gasteiger partial charge on any atom is -0.428 e. The predicted molar refractivity (Wildman–Crippen MR) is 66.6 cm³/mol. The van der Waals surface area contributed by atoms with Gasteiger partial charge >= 0.3 is 0 Å². The molecule has 1 fully saturated rings. The summed E-state index contributed by atoms with van der Waals surface area (Å²) in [4.78, 5) is 18.5. The molecular weight excluding hydrogens is 230 g/mol. The Morgan fingerprint density at radius 2 is 2.11 bits per heavy atom. The standard InChI is InChI=1S/C13H19N3O2/c14-13-15-10-8-16(7-6-11(10)18-13)12(17)9-4-2-1-3-5-9/h9H,1-8H2,(H2,14,15). The van der Waals surface area contributed by atoms with Crippen molar-refractivity contribution in [1.29, 1.82) is 0 Å². The highest BCUT2D eigenvalue weighted by Gasteiger charge is 2.30. The van der Waals surface area contributed by atoms with Gasteiger partial charge in [-0.2, -0.15) is 4.98 Å². The van der Waals surface area contributed by atoms with Crippen molar-refractivity contribution in [3.05, 3.63) is 11.5 Å². The lowest BCUT2D eigenvalue weighted by Gasteiger charge is -2.30. The molecule has 1 saturated carbocycles. The van der Waals surface area contributed by atoms with Crippen LogP contribution in [0.3, 0.4) is 0 Å². The fraction of sp³-hybridized carbons (Fsp3) is 0.692. The molecule has 1 aliphatic carbocycles. The van der Waals surface area contributed by atoms with Gasteiger partial charge < -0.3 is 15.1 Å². The summed E-state index contributed by atoms with van der Waals surface area (Å²) in [5.74, 6) is 1.37. The van der Waals surface area contributed by atoms with Gasteiger partial charge in [-0.3, -0.25) is 4.79 Å². The van der Waals surface area contributed by atoms with Crippen molar-refractivity contribution < 1.29 is 9.21 Å². The van der Waals surface area contributed by atoms with E-state index in [1.165, 1.54) is 19.3 Å². The molecule has 5 nitrogen and oxygen atoms in total. The first-order chi connectivity index (χ1) is 8.74. The highest BCUT2D eigenvalue weighted by Crippen LogP contribution is 2.28. The number of aromatic nitrogens is 1. The van der Waals surface area contributed by atoms with Crippen LogP contribution in [0.5, 0.6) is 0 Å². The lowest BCUT2D eigenvalue weighted by Crippen LogP contribution is -2.40. The Bertz CT molecular complexity index is 449. The Morgan fingerprint density at radius 3 is 2.89 bits per heavy atom. The van der Waals surface area contributed by atoms with Crippen LogP contribution in [-0.4, -0.2) is 22.3 Å². The number of nitrogens with two attached hydrogens (primary N) is 1. The van der Waals surface area contributed by atoms with Crippen LogP contribution in [0.4, 0.5) is 6.01 Å². The monoisotopic (exact) mass is 249 g/mol. The van der Waals surface area contributed by atoms with E-state index >= 15 is 0 Å². The molecule has 0 bridgehead atoms. The smallest absolute Gasteiger partial charge is 0.292 e. The highest BCUT2D eigenvalue weighted by molar-refractivity contribution is 5.79. The maximum absolute atomic E-state index is 12.4. The molecule has 1 aromatic heterocycles. The third-order valence-electron chi connectivity index (χ3n) is 4.01. The number of rotatable bonds is 1. The molecule has 1 amide bonds. The molecular formula is C13H19N3O2. The van der Waals surface area contributed by atoms with E-state index in [4.69, 9.17) is 10.2 Å². The highest BCUT2D eigenvalue weighted by atomic mass is 16.4. The molecule has 1 aliphatic heterocycles. The van der Waals surface area contributed by atoms with Crippen molar-refractivity contribution in [1.82, 2.24) is 9.88 Å². The summed E-state index contributed by atoms with van der Waals surface area (Å²) in [7, 11) is 0. The van der Waals surface area contributed by atoms with Gasteiger partial charge in [0.15, 0.2) is 0 Å². The normalized spacial score (nSPS) is 20.8. The van der Waals surface area contributed by atoms with Crippen LogP contribution in [0.15, 0.2) is 4.42 Å². The first-order valence-electron chi connectivity index (χ1n) is 6.77. The van der Waals surface area contributed by atoms with Gasteiger partial charge in [0.05, 0.1) is 6.54 Å². The quantitative estimate of drug-likeness (QED) is 0.822. The van der Waals surface area contributed by atoms with Gasteiger partial charge in [-0.1, -0.05) is 19.3 Å². The van der Waals surface area contributed by atoms with E-state index in [1.54, 1.807) is 0 Å². The van der Waals surface area contributed by atoms with E-state index in [2.05, 4.69) is 4.98 Å². The van der Waals surface area contributed by atoms with Crippen LogP contribution in [0.25, 0.3) is 0 Å². The number of amides is 1. The van der Waals surface area contributed by atoms with Crippen molar-refractivity contribution >= 4 is 11.9 Å². The zero-order valence-electron chi connectivity index (χ0n) is 10.5. The van der Waals surface area contributed by atoms with Gasteiger partial charge in [0.1, 0.15) is 11.5 Å². The molecule has 3 rings (SSSR count). The molecule has 0 aromatic carbocycles. The third-order valence-corrected chi connectivity index (χ3v) is 4.01. The molecule has 2 aliphatic rings. The minimum absolute atomic E-state index is 0.215. The first-order valence-corrected chi connectivity index (χ1v) is 6.77. The molecule has 0 radical (unpaired) electrons. The lowest BCUT2D eigenvalue weighted by molar-refractivity contribution is -0.137. The van der Waals surface area contributed by atoms with Crippen molar-refractivity contribution in [3.63, 3.8) is 0 Å². The molecule has 0 saturated heterocycles. The topological polar surface area (TPSA) is 72.4 Å². The molecule has 1 aromatic rings. The number of nitrogens with zero attached hydrogens (tertiary/aromatic N) is 2. The Kier molecular flexibility index (Phi) is 2.97. The second kappa shape index (κ2) is 4.63. The summed E-state index contributed by atoms with van der Waals surface area (Å²) in [5.41, 5.74) is 6.38. The summed E-state index contributed by atoms with van der Waals surface area (Å²) in [5, 5.41) is 0. The number of carbonyl (C=O) groups is 1. The molecule has 18 heavy (non-hydrogen) atoms. The van der Waals surface area contributed by atoms with Crippen LogP contribution in [0, 0.1) is 5.92 Å². The second-order valence-corrected chi connectivity index (χ2v) is 5.27. The number of nitrogen functional groups attached to an aromatic ring is 1. The lowest BCUT2D eigenvalue weighted by atomic mass is 9.88. The summed E-state index contributed by atoms with van der Waals surface area (Å²) < 4.78 is 5.31. The summed E-state index contributed by atoms with van der Waals surface area (Å²) in [6.07, 6.45) is 6.47. The Morgan fingerprint density at radius 1 is 1.33 bits per heavy atom. The van der Waals surface area contributed by atoms with Gasteiger partial charge in [-0.25, -0.2) is 0 Å². The molecule has 5 heteroatoms. The van der Waals surface area contributed by atoms with E-state index in [0.717, 1.165) is 37.3 Å². The number of hydrogen-bond donors (Lipinski definition) is 1. The van der Waals surface area contributed by atoms with Crippen molar-refractivity contribution in [2.24, 2.45) is 5.92 Å². The fourth-order valence-electron chi connectivity index (χ4n) is 3.01. The molecule has 2 heterocycles. The van der Waals surface area contributed by atoms with Crippen LogP contribution in [0.1, 0.15) is 43.6 Å². The van der Waals surface area contributed by atoms with Crippen LogP contribution >= 0.6 is 0 Å². The van der Waals surface area contributed by atoms with Crippen LogP contribution in [-0.2, 0) is 17.8 Å². The maximum atomic E-state index is 12.4. The van der Waals surface area contributed by atoms with Crippen molar-refractivity contribution in [3.8, 4) is 0 Å². The van der Waals surface area contributed by atoms with Gasteiger partial charge in [0.25, 0.3) is 6.01 Å². The number of hydrogen-bond acceptors (Lipinski definition) is 4. The number of carbonyl (C=O) groups excluding carboxylic acids is 1. The largest absolute Gasteiger partial charge is 0.428 e. The second-order valence-electron chi connectivity index (χ2n) is 5.27. The Balaban J connectivity index is 1.69. The number of fused-ring (bicyclic) bond motifs is 1. The van der Waals surface area contributed by atoms with Crippen LogP contribution < -0.4 is 5.73 Å². The first kappa shape index (κ1) is 11.6. The third kappa shape index (κ3) is 2.09. The van der Waals surface area contributed by atoms with E-state index in [1.807, 2.05) is 4.90 Å². The average molecular weight is 249 g/mol. The SMILES string of the molecule is Nc1nc2c(o1)CCN(C(=O)C1CCCCC1)C2. The van der Waals surface area contributed by atoms with Gasteiger partial charge in [0, 0.05) is 18.9 Å². The molecule has 98 valence electrons. The number of oxazole rings is 1. The Labute approximate surface area is 106 Å². The van der Waals surface area contributed by atoms with Gasteiger partial charge in [-0.15, -0.1) is 0 Å².